The van der Waals surface area contributed by atoms with Crippen molar-refractivity contribution >= 4 is 17.2 Å². The summed E-state index contributed by atoms with van der Waals surface area (Å²) in [5.41, 5.74) is 6.50. The molecule has 1 fully saturated rings. The summed E-state index contributed by atoms with van der Waals surface area (Å²) < 4.78 is 16.8. The summed E-state index contributed by atoms with van der Waals surface area (Å²) in [5, 5.41) is 0. The molecule has 1 aliphatic carbocycles. The molecule has 0 aliphatic heterocycles. The minimum atomic E-state index is 0.133. The summed E-state index contributed by atoms with van der Waals surface area (Å²) in [5.74, 6) is 1.43. The summed E-state index contributed by atoms with van der Waals surface area (Å²) >= 11 is 5.08. The topological polar surface area (TPSA) is 53.7 Å². The van der Waals surface area contributed by atoms with E-state index in [1.165, 1.54) is 0 Å². The summed E-state index contributed by atoms with van der Waals surface area (Å²) in [6, 6.07) is 5.51. The number of rotatable bonds is 5. The van der Waals surface area contributed by atoms with E-state index in [-0.39, 0.29) is 12.2 Å². The van der Waals surface area contributed by atoms with Crippen LogP contribution in [-0.2, 0) is 4.74 Å². The lowest BCUT2D eigenvalue weighted by molar-refractivity contribution is 0.0208. The van der Waals surface area contributed by atoms with Crippen LogP contribution in [0.2, 0.25) is 0 Å². The Morgan fingerprint density at radius 2 is 2.00 bits per heavy atom. The van der Waals surface area contributed by atoms with E-state index < -0.39 is 0 Å². The Labute approximate surface area is 125 Å². The van der Waals surface area contributed by atoms with Crippen LogP contribution in [-0.4, -0.2) is 31.4 Å². The van der Waals surface area contributed by atoms with Crippen LogP contribution in [0.4, 0.5) is 0 Å². The molecule has 0 bridgehead atoms. The van der Waals surface area contributed by atoms with Crippen LogP contribution in [0.5, 0.6) is 11.5 Å². The second-order valence-corrected chi connectivity index (χ2v) is 5.43. The van der Waals surface area contributed by atoms with Gasteiger partial charge in [-0.05, 0) is 31.4 Å². The predicted molar refractivity (Wildman–Crippen MR) is 82.6 cm³/mol. The molecule has 0 amide bonds. The van der Waals surface area contributed by atoms with Gasteiger partial charge in [0, 0.05) is 19.6 Å². The third kappa shape index (κ3) is 3.61. The Morgan fingerprint density at radius 3 is 2.65 bits per heavy atom. The van der Waals surface area contributed by atoms with Crippen LogP contribution >= 0.6 is 12.2 Å². The molecule has 0 heterocycles. The second-order valence-electron chi connectivity index (χ2n) is 4.99. The first-order chi connectivity index (χ1) is 9.63. The fourth-order valence-electron chi connectivity index (χ4n) is 2.53. The van der Waals surface area contributed by atoms with Gasteiger partial charge in [0.05, 0.1) is 18.8 Å². The minimum Gasteiger partial charge on any atom is -0.497 e. The van der Waals surface area contributed by atoms with Crippen molar-refractivity contribution in [1.82, 2.24) is 0 Å². The van der Waals surface area contributed by atoms with Gasteiger partial charge in [0.1, 0.15) is 22.6 Å². The van der Waals surface area contributed by atoms with Gasteiger partial charge in [0.25, 0.3) is 0 Å². The van der Waals surface area contributed by atoms with Crippen molar-refractivity contribution in [3.05, 3.63) is 23.8 Å². The van der Waals surface area contributed by atoms with Crippen LogP contribution in [0.15, 0.2) is 18.2 Å². The van der Waals surface area contributed by atoms with Crippen molar-refractivity contribution in [2.24, 2.45) is 5.73 Å². The quantitative estimate of drug-likeness (QED) is 0.846. The summed E-state index contributed by atoms with van der Waals surface area (Å²) in [6.45, 7) is 0. The van der Waals surface area contributed by atoms with E-state index in [9.17, 15) is 0 Å². The van der Waals surface area contributed by atoms with Crippen LogP contribution in [0.3, 0.4) is 0 Å². The third-order valence-electron chi connectivity index (χ3n) is 3.66. The van der Waals surface area contributed by atoms with Crippen LogP contribution in [0, 0.1) is 0 Å². The molecule has 4 nitrogen and oxygen atoms in total. The average Bonchev–Trinajstić information content (AvgIpc) is 2.47. The first-order valence-corrected chi connectivity index (χ1v) is 7.22. The van der Waals surface area contributed by atoms with E-state index in [2.05, 4.69) is 0 Å². The zero-order valence-corrected chi connectivity index (χ0v) is 12.7. The monoisotopic (exact) mass is 295 g/mol. The van der Waals surface area contributed by atoms with Gasteiger partial charge in [-0.2, -0.15) is 0 Å². The number of hydrogen-bond donors (Lipinski definition) is 1. The normalized spacial score (nSPS) is 22.3. The van der Waals surface area contributed by atoms with Crippen LogP contribution < -0.4 is 15.2 Å². The molecule has 2 atom stereocenters. The lowest BCUT2D eigenvalue weighted by Crippen LogP contribution is -2.30. The molecule has 20 heavy (non-hydrogen) atoms. The standard InChI is InChI=1S/C15H21NO3S/c1-17-10-4-3-5-12(8-10)19-14-9-11(18-2)6-7-13(14)15(16)20/h6-7,9-10,12H,3-5,8H2,1-2H3,(H2,16,20). The van der Waals surface area contributed by atoms with Gasteiger partial charge in [0.2, 0.25) is 0 Å². The largest absolute Gasteiger partial charge is 0.497 e. The van der Waals surface area contributed by atoms with E-state index in [0.717, 1.165) is 37.0 Å². The molecule has 2 N–H and O–H groups in total. The Bertz CT molecular complexity index is 478. The fraction of sp³-hybridized carbons (Fsp3) is 0.533. The lowest BCUT2D eigenvalue weighted by atomic mass is 9.95. The Kier molecular flexibility index (Phi) is 5.20. The number of nitrogens with two attached hydrogens (primary N) is 1. The van der Waals surface area contributed by atoms with Gasteiger partial charge in [-0.3, -0.25) is 0 Å². The van der Waals surface area contributed by atoms with Gasteiger partial charge in [-0.1, -0.05) is 12.2 Å². The Balaban J connectivity index is 2.16. The summed E-state index contributed by atoms with van der Waals surface area (Å²) in [6.07, 6.45) is 4.52. The first-order valence-electron chi connectivity index (χ1n) is 6.81. The molecule has 0 aromatic heterocycles. The zero-order valence-electron chi connectivity index (χ0n) is 11.9. The fourth-order valence-corrected chi connectivity index (χ4v) is 2.70. The van der Waals surface area contributed by atoms with E-state index in [1.807, 2.05) is 18.2 Å². The molecule has 1 aliphatic rings. The highest BCUT2D eigenvalue weighted by molar-refractivity contribution is 7.80. The number of methoxy groups -OCH3 is 2. The van der Waals surface area contributed by atoms with Crippen molar-refractivity contribution in [2.75, 3.05) is 14.2 Å². The molecule has 1 saturated carbocycles. The molecule has 2 unspecified atom stereocenters. The lowest BCUT2D eigenvalue weighted by Gasteiger charge is -2.29. The summed E-state index contributed by atoms with van der Waals surface area (Å²) in [7, 11) is 3.38. The highest BCUT2D eigenvalue weighted by Crippen LogP contribution is 2.30. The Hall–Kier alpha value is -1.33. The molecule has 1 aromatic carbocycles. The molecule has 110 valence electrons. The molecule has 5 heteroatoms. The molecule has 0 spiro atoms. The van der Waals surface area contributed by atoms with E-state index in [4.69, 9.17) is 32.2 Å². The van der Waals surface area contributed by atoms with Crippen molar-refractivity contribution in [3.8, 4) is 11.5 Å². The molecule has 1 aromatic rings. The van der Waals surface area contributed by atoms with E-state index in [1.54, 1.807) is 14.2 Å². The van der Waals surface area contributed by atoms with Gasteiger partial charge < -0.3 is 19.9 Å². The maximum Gasteiger partial charge on any atom is 0.133 e. The van der Waals surface area contributed by atoms with Gasteiger partial charge in [-0.25, -0.2) is 0 Å². The van der Waals surface area contributed by atoms with Crippen LogP contribution in [0.1, 0.15) is 31.2 Å². The van der Waals surface area contributed by atoms with Crippen LogP contribution in [0.25, 0.3) is 0 Å². The van der Waals surface area contributed by atoms with E-state index in [0.29, 0.717) is 10.7 Å². The predicted octanol–water partition coefficient (Wildman–Crippen LogP) is 2.67. The SMILES string of the molecule is COc1ccc(C(N)=S)c(OC2CCCC(OC)C2)c1. The van der Waals surface area contributed by atoms with Crippen molar-refractivity contribution in [2.45, 2.75) is 37.9 Å². The Morgan fingerprint density at radius 1 is 1.25 bits per heavy atom. The number of ether oxygens (including phenoxy) is 3. The maximum atomic E-state index is 6.09. The highest BCUT2D eigenvalue weighted by atomic mass is 32.1. The highest BCUT2D eigenvalue weighted by Gasteiger charge is 2.24. The molecular weight excluding hydrogens is 274 g/mol. The van der Waals surface area contributed by atoms with E-state index >= 15 is 0 Å². The molecular formula is C15H21NO3S. The number of hydrogen-bond acceptors (Lipinski definition) is 4. The van der Waals surface area contributed by atoms with Gasteiger partial charge >= 0.3 is 0 Å². The smallest absolute Gasteiger partial charge is 0.133 e. The number of benzene rings is 1. The molecule has 0 saturated heterocycles. The zero-order chi connectivity index (χ0) is 14.5. The van der Waals surface area contributed by atoms with Crippen molar-refractivity contribution < 1.29 is 14.2 Å². The maximum absolute atomic E-state index is 6.09. The number of thiocarbonyl (C=S) groups is 1. The minimum absolute atomic E-state index is 0.133. The summed E-state index contributed by atoms with van der Waals surface area (Å²) in [4.78, 5) is 0.335. The van der Waals surface area contributed by atoms with Crippen molar-refractivity contribution in [1.29, 1.82) is 0 Å². The van der Waals surface area contributed by atoms with Gasteiger partial charge in [0.15, 0.2) is 0 Å². The van der Waals surface area contributed by atoms with Crippen molar-refractivity contribution in [3.63, 3.8) is 0 Å². The second kappa shape index (κ2) is 6.90. The molecule has 0 radical (unpaired) electrons. The average molecular weight is 295 g/mol. The molecule has 2 rings (SSSR count). The third-order valence-corrected chi connectivity index (χ3v) is 3.88. The van der Waals surface area contributed by atoms with Gasteiger partial charge in [-0.15, -0.1) is 0 Å². The first kappa shape index (κ1) is 15.1.